The maximum Gasteiger partial charge on any atom is 0.314 e. The third kappa shape index (κ3) is 2.68. The maximum absolute atomic E-state index is 11.9. The summed E-state index contributed by atoms with van der Waals surface area (Å²) in [5.74, 6) is -0.834. The first-order chi connectivity index (χ1) is 9.60. The van der Waals surface area contributed by atoms with Crippen molar-refractivity contribution in [3.63, 3.8) is 0 Å². The van der Waals surface area contributed by atoms with Crippen molar-refractivity contribution >= 4 is 17.6 Å². The molecule has 4 heteroatoms. The van der Waals surface area contributed by atoms with Crippen LogP contribution in [0.2, 0.25) is 5.02 Å². The van der Waals surface area contributed by atoms with Gasteiger partial charge in [0.25, 0.3) is 0 Å². The average molecular weight is 290 g/mol. The van der Waals surface area contributed by atoms with Crippen LogP contribution in [0.5, 0.6) is 0 Å². The fourth-order valence-corrected chi connectivity index (χ4v) is 2.60. The van der Waals surface area contributed by atoms with Gasteiger partial charge in [-0.05, 0) is 30.0 Å². The van der Waals surface area contributed by atoms with Crippen molar-refractivity contribution in [2.45, 2.75) is 25.2 Å². The summed E-state index contributed by atoms with van der Waals surface area (Å²) in [5, 5.41) is 10.3. The lowest BCUT2D eigenvalue weighted by Crippen LogP contribution is -2.37. The second kappa shape index (κ2) is 6.06. The fraction of sp³-hybridized carbons (Fsp3) is 0.250. The van der Waals surface area contributed by atoms with Gasteiger partial charge in [-0.3, -0.25) is 9.78 Å². The Morgan fingerprint density at radius 2 is 2.00 bits per heavy atom. The molecule has 0 aliphatic carbocycles. The molecule has 0 spiro atoms. The summed E-state index contributed by atoms with van der Waals surface area (Å²) in [6.07, 6.45) is 4.02. The van der Waals surface area contributed by atoms with E-state index in [9.17, 15) is 9.90 Å². The van der Waals surface area contributed by atoms with Gasteiger partial charge in [0.1, 0.15) is 0 Å². The third-order valence-electron chi connectivity index (χ3n) is 3.69. The number of nitrogens with zero attached hydrogens (tertiary/aromatic N) is 1. The van der Waals surface area contributed by atoms with Crippen LogP contribution in [0.3, 0.4) is 0 Å². The Balaban J connectivity index is 2.49. The Hall–Kier alpha value is -1.87. The van der Waals surface area contributed by atoms with Crippen molar-refractivity contribution in [2.75, 3.05) is 0 Å². The Bertz CT molecular complexity index is 600. The van der Waals surface area contributed by atoms with Crippen molar-refractivity contribution < 1.29 is 9.90 Å². The predicted octanol–water partition coefficient (Wildman–Crippen LogP) is 3.71. The molecule has 1 aromatic carbocycles. The molecule has 1 atom stereocenters. The normalized spacial score (nSPS) is 13.7. The molecule has 0 saturated heterocycles. The summed E-state index contributed by atoms with van der Waals surface area (Å²) in [6, 6.07) is 11.1. The van der Waals surface area contributed by atoms with Gasteiger partial charge in [-0.1, -0.05) is 48.9 Å². The van der Waals surface area contributed by atoms with Gasteiger partial charge in [0.05, 0.1) is 10.4 Å². The van der Waals surface area contributed by atoms with Crippen LogP contribution in [-0.2, 0) is 16.6 Å². The summed E-state index contributed by atoms with van der Waals surface area (Å²) in [5.41, 5.74) is 0.629. The van der Waals surface area contributed by atoms with Gasteiger partial charge in [0, 0.05) is 12.4 Å². The van der Waals surface area contributed by atoms with Gasteiger partial charge >= 0.3 is 5.97 Å². The minimum Gasteiger partial charge on any atom is -0.481 e. The van der Waals surface area contributed by atoms with E-state index < -0.39 is 11.4 Å². The number of halogens is 1. The zero-order valence-corrected chi connectivity index (χ0v) is 12.0. The average Bonchev–Trinajstić information content (AvgIpc) is 2.47. The Labute approximate surface area is 123 Å². The van der Waals surface area contributed by atoms with Crippen molar-refractivity contribution in [1.82, 2.24) is 4.98 Å². The molecule has 1 N–H and O–H groups in total. The van der Waals surface area contributed by atoms with Gasteiger partial charge in [0.2, 0.25) is 0 Å². The van der Waals surface area contributed by atoms with Crippen LogP contribution in [0.15, 0.2) is 48.8 Å². The molecule has 0 bridgehead atoms. The van der Waals surface area contributed by atoms with Crippen LogP contribution in [0.25, 0.3) is 0 Å². The van der Waals surface area contributed by atoms with Gasteiger partial charge in [-0.15, -0.1) is 0 Å². The Kier molecular flexibility index (Phi) is 4.40. The van der Waals surface area contributed by atoms with E-state index in [0.717, 1.165) is 11.1 Å². The van der Waals surface area contributed by atoms with E-state index in [-0.39, 0.29) is 0 Å². The van der Waals surface area contributed by atoms with Crippen molar-refractivity contribution in [3.05, 3.63) is 64.9 Å². The van der Waals surface area contributed by atoms with Gasteiger partial charge in [0.15, 0.2) is 0 Å². The van der Waals surface area contributed by atoms with Gasteiger partial charge in [-0.25, -0.2) is 0 Å². The number of aliphatic carboxylic acids is 1. The number of hydrogen-bond acceptors (Lipinski definition) is 2. The zero-order chi connectivity index (χ0) is 14.6. The molecule has 2 rings (SSSR count). The van der Waals surface area contributed by atoms with E-state index in [1.165, 1.54) is 0 Å². The molecule has 0 radical (unpaired) electrons. The number of hydrogen-bond donors (Lipinski definition) is 1. The van der Waals surface area contributed by atoms with E-state index in [4.69, 9.17) is 11.6 Å². The molecule has 104 valence electrons. The highest BCUT2D eigenvalue weighted by Gasteiger charge is 2.39. The largest absolute Gasteiger partial charge is 0.481 e. The molecule has 1 unspecified atom stereocenters. The summed E-state index contributed by atoms with van der Waals surface area (Å²) < 4.78 is 0. The maximum atomic E-state index is 11.9. The molecule has 0 saturated carbocycles. The first kappa shape index (κ1) is 14.5. The van der Waals surface area contributed by atoms with Crippen molar-refractivity contribution in [2.24, 2.45) is 0 Å². The van der Waals surface area contributed by atoms with E-state index in [2.05, 4.69) is 4.98 Å². The fourth-order valence-electron chi connectivity index (χ4n) is 2.41. The molecule has 0 aliphatic rings. The lowest BCUT2D eigenvalue weighted by molar-refractivity contribution is -0.144. The third-order valence-corrected chi connectivity index (χ3v) is 4.03. The van der Waals surface area contributed by atoms with E-state index in [1.54, 1.807) is 18.5 Å². The number of pyridine rings is 1. The second-order valence-electron chi connectivity index (χ2n) is 4.75. The number of carbonyl (C=O) groups is 1. The molecule has 20 heavy (non-hydrogen) atoms. The Morgan fingerprint density at radius 3 is 2.55 bits per heavy atom. The molecule has 0 aliphatic heterocycles. The van der Waals surface area contributed by atoms with Crippen LogP contribution in [0, 0.1) is 0 Å². The highest BCUT2D eigenvalue weighted by atomic mass is 35.5. The lowest BCUT2D eigenvalue weighted by Gasteiger charge is -2.29. The molecule has 1 heterocycles. The minimum absolute atomic E-state index is 0.351. The van der Waals surface area contributed by atoms with Crippen LogP contribution in [0.1, 0.15) is 24.5 Å². The number of aromatic nitrogens is 1. The van der Waals surface area contributed by atoms with Crippen LogP contribution in [0.4, 0.5) is 0 Å². The van der Waals surface area contributed by atoms with E-state index >= 15 is 0 Å². The molecular formula is C16H16ClNO2. The van der Waals surface area contributed by atoms with E-state index in [1.807, 2.05) is 37.3 Å². The quantitative estimate of drug-likeness (QED) is 0.913. The Morgan fingerprint density at radius 1 is 1.30 bits per heavy atom. The predicted molar refractivity (Wildman–Crippen MR) is 79.0 cm³/mol. The number of benzene rings is 1. The molecular weight excluding hydrogens is 274 g/mol. The summed E-state index contributed by atoms with van der Waals surface area (Å²) >= 11 is 6.12. The second-order valence-corrected chi connectivity index (χ2v) is 5.16. The van der Waals surface area contributed by atoms with Crippen molar-refractivity contribution in [1.29, 1.82) is 0 Å². The van der Waals surface area contributed by atoms with E-state index in [0.29, 0.717) is 17.9 Å². The summed E-state index contributed by atoms with van der Waals surface area (Å²) in [6.45, 7) is 1.89. The van der Waals surface area contributed by atoms with Gasteiger partial charge < -0.3 is 5.11 Å². The molecule has 3 nitrogen and oxygen atoms in total. The van der Waals surface area contributed by atoms with Crippen LogP contribution >= 0.6 is 11.6 Å². The molecule has 1 aromatic heterocycles. The first-order valence-electron chi connectivity index (χ1n) is 6.47. The SMILES string of the molecule is CCC(Cc1ccncc1Cl)(C(=O)O)c1ccccc1. The zero-order valence-electron chi connectivity index (χ0n) is 11.2. The molecule has 0 amide bonds. The lowest BCUT2D eigenvalue weighted by atomic mass is 9.73. The van der Waals surface area contributed by atoms with Crippen LogP contribution < -0.4 is 0 Å². The summed E-state index contributed by atoms with van der Waals surface area (Å²) in [7, 11) is 0. The number of carboxylic acids is 1. The molecule has 2 aromatic rings. The highest BCUT2D eigenvalue weighted by Crippen LogP contribution is 2.34. The van der Waals surface area contributed by atoms with Gasteiger partial charge in [-0.2, -0.15) is 0 Å². The minimum atomic E-state index is -0.966. The standard InChI is InChI=1S/C16H16ClNO2/c1-2-16(15(19)20,13-6-4-3-5-7-13)10-12-8-9-18-11-14(12)17/h3-9,11H,2,10H2,1H3,(H,19,20). The summed E-state index contributed by atoms with van der Waals surface area (Å²) in [4.78, 5) is 15.8. The van der Waals surface area contributed by atoms with Crippen LogP contribution in [-0.4, -0.2) is 16.1 Å². The monoisotopic (exact) mass is 289 g/mol. The smallest absolute Gasteiger partial charge is 0.314 e. The highest BCUT2D eigenvalue weighted by molar-refractivity contribution is 6.31. The number of carboxylic acid groups (broad SMARTS) is 1. The number of rotatable bonds is 5. The molecule has 0 fully saturated rings. The van der Waals surface area contributed by atoms with Crippen molar-refractivity contribution in [3.8, 4) is 0 Å². The topological polar surface area (TPSA) is 50.2 Å². The first-order valence-corrected chi connectivity index (χ1v) is 6.85.